The van der Waals surface area contributed by atoms with Gasteiger partial charge in [-0.3, -0.25) is 0 Å². The maximum atomic E-state index is 8.73. The number of hydrogen-bond acceptors (Lipinski definition) is 4. The molecule has 0 fully saturated rings. The van der Waals surface area contributed by atoms with E-state index in [4.69, 9.17) is 10.00 Å². The summed E-state index contributed by atoms with van der Waals surface area (Å²) in [7, 11) is 0. The molecule has 0 aliphatic carbocycles. The van der Waals surface area contributed by atoms with Crippen LogP contribution >= 0.6 is 11.3 Å². The van der Waals surface area contributed by atoms with Gasteiger partial charge in [-0.05, 0) is 17.5 Å². The molecule has 1 aromatic carbocycles. The van der Waals surface area contributed by atoms with E-state index in [9.17, 15) is 0 Å². The van der Waals surface area contributed by atoms with E-state index in [1.807, 2.05) is 18.2 Å². The van der Waals surface area contributed by atoms with Gasteiger partial charge >= 0.3 is 0 Å². The number of para-hydroxylation sites is 1. The zero-order chi connectivity index (χ0) is 13.0. The number of thiazole rings is 1. The molecule has 0 radical (unpaired) electrons. The Morgan fingerprint density at radius 1 is 1.39 bits per heavy atom. The molecule has 0 amide bonds. The Morgan fingerprint density at radius 2 is 2.17 bits per heavy atom. The third-order valence-corrected chi connectivity index (χ3v) is 3.43. The normalized spacial score (nSPS) is 10.3. The molecule has 0 unspecified atom stereocenters. The minimum atomic E-state index is 0.413. The molecule has 1 aromatic heterocycles. The number of nitrogens with zero attached hydrogens (tertiary/aromatic N) is 2. The lowest BCUT2D eigenvalue weighted by Gasteiger charge is -2.12. The molecule has 0 atom stereocenters. The summed E-state index contributed by atoms with van der Waals surface area (Å²) in [5, 5.41) is 9.56. The number of hydrogen-bond donors (Lipinski definition) is 0. The predicted molar refractivity (Wildman–Crippen MR) is 71.7 cm³/mol. The first-order valence-electron chi connectivity index (χ1n) is 5.77. The topological polar surface area (TPSA) is 45.9 Å². The molecule has 0 spiro atoms. The van der Waals surface area contributed by atoms with Crippen LogP contribution in [0.25, 0.3) is 0 Å². The summed E-state index contributed by atoms with van der Waals surface area (Å²) in [6, 6.07) is 10.1. The van der Waals surface area contributed by atoms with Crippen LogP contribution in [0.3, 0.4) is 0 Å². The van der Waals surface area contributed by atoms with Gasteiger partial charge < -0.3 is 4.74 Å². The zero-order valence-corrected chi connectivity index (χ0v) is 11.2. The molecule has 0 saturated heterocycles. The van der Waals surface area contributed by atoms with Crippen LogP contribution in [0.2, 0.25) is 0 Å². The molecule has 2 aromatic rings. The van der Waals surface area contributed by atoms with Gasteiger partial charge in [0.2, 0.25) is 0 Å². The van der Waals surface area contributed by atoms with E-state index in [2.05, 4.69) is 31.0 Å². The summed E-state index contributed by atoms with van der Waals surface area (Å²) in [5.41, 5.74) is 1.19. The Kier molecular flexibility index (Phi) is 3.96. The van der Waals surface area contributed by atoms with Crippen molar-refractivity contribution in [3.05, 3.63) is 45.9 Å². The maximum Gasteiger partial charge on any atom is 0.140 e. The molecule has 1 heterocycles. The fraction of sp³-hybridized carbons (Fsp3) is 0.286. The molecule has 4 heteroatoms. The van der Waals surface area contributed by atoms with Crippen LogP contribution < -0.4 is 4.74 Å². The fourth-order valence-corrected chi connectivity index (χ4v) is 2.29. The first kappa shape index (κ1) is 12.6. The van der Waals surface area contributed by atoms with Crippen molar-refractivity contribution >= 4 is 11.3 Å². The second-order valence-electron chi connectivity index (χ2n) is 4.21. The summed E-state index contributed by atoms with van der Waals surface area (Å²) < 4.78 is 5.78. The lowest BCUT2D eigenvalue weighted by atomic mass is 10.0. The highest BCUT2D eigenvalue weighted by Gasteiger charge is 2.08. The average molecular weight is 258 g/mol. The number of ether oxygens (including phenoxy) is 1. The number of nitriles is 1. The molecule has 18 heavy (non-hydrogen) atoms. The van der Waals surface area contributed by atoms with Crippen molar-refractivity contribution in [1.82, 2.24) is 4.98 Å². The summed E-state index contributed by atoms with van der Waals surface area (Å²) in [4.78, 5) is 4.76. The van der Waals surface area contributed by atoms with Gasteiger partial charge in [0.15, 0.2) is 0 Å². The van der Waals surface area contributed by atoms with E-state index >= 15 is 0 Å². The van der Waals surface area contributed by atoms with Crippen LogP contribution in [0.1, 0.15) is 35.2 Å². The van der Waals surface area contributed by atoms with Crippen molar-refractivity contribution in [1.29, 1.82) is 5.26 Å². The lowest BCUT2D eigenvalue weighted by Crippen LogP contribution is -1.99. The lowest BCUT2D eigenvalue weighted by molar-refractivity contribution is 0.301. The molecule has 3 nitrogen and oxygen atoms in total. The molecule has 2 rings (SSSR count). The molecule has 0 aliphatic rings. The van der Waals surface area contributed by atoms with E-state index < -0.39 is 0 Å². The highest BCUT2D eigenvalue weighted by atomic mass is 32.1. The highest BCUT2D eigenvalue weighted by molar-refractivity contribution is 7.12. The van der Waals surface area contributed by atoms with Crippen molar-refractivity contribution in [2.45, 2.75) is 26.4 Å². The van der Waals surface area contributed by atoms with Crippen molar-refractivity contribution in [2.75, 3.05) is 0 Å². The standard InChI is InChI=1S/C14H14N2OS/c1-10(2)12-5-3-4-6-13(12)17-9-14-16-8-11(7-15)18-14/h3-6,8,10H,9H2,1-2H3. The van der Waals surface area contributed by atoms with Crippen molar-refractivity contribution in [3.63, 3.8) is 0 Å². The van der Waals surface area contributed by atoms with Crippen molar-refractivity contribution in [3.8, 4) is 11.8 Å². The van der Waals surface area contributed by atoms with Crippen molar-refractivity contribution in [2.24, 2.45) is 0 Å². The molecule has 0 N–H and O–H groups in total. The zero-order valence-electron chi connectivity index (χ0n) is 10.4. The summed E-state index contributed by atoms with van der Waals surface area (Å²) in [5.74, 6) is 1.31. The molecule has 0 saturated carbocycles. The van der Waals surface area contributed by atoms with Gasteiger partial charge in [0.05, 0.1) is 6.20 Å². The number of aromatic nitrogens is 1. The van der Waals surface area contributed by atoms with Gasteiger partial charge in [-0.25, -0.2) is 4.98 Å². The Bertz CT molecular complexity index is 569. The smallest absolute Gasteiger partial charge is 0.140 e. The predicted octanol–water partition coefficient (Wildman–Crippen LogP) is 3.72. The van der Waals surface area contributed by atoms with Crippen molar-refractivity contribution < 1.29 is 4.74 Å². The molecular formula is C14H14N2OS. The van der Waals surface area contributed by atoms with Gasteiger partial charge in [0.1, 0.15) is 28.3 Å². The first-order valence-corrected chi connectivity index (χ1v) is 6.59. The van der Waals surface area contributed by atoms with Crippen LogP contribution in [0.4, 0.5) is 0 Å². The SMILES string of the molecule is CC(C)c1ccccc1OCc1ncc(C#N)s1. The quantitative estimate of drug-likeness (QED) is 0.839. The maximum absolute atomic E-state index is 8.73. The number of rotatable bonds is 4. The molecule has 0 aliphatic heterocycles. The summed E-state index contributed by atoms with van der Waals surface area (Å²) >= 11 is 1.37. The van der Waals surface area contributed by atoms with Crippen LogP contribution in [0, 0.1) is 11.3 Å². The molecule has 92 valence electrons. The molecule has 0 bridgehead atoms. The third kappa shape index (κ3) is 2.88. The largest absolute Gasteiger partial charge is 0.486 e. The number of benzene rings is 1. The first-order chi connectivity index (χ1) is 8.70. The molecular weight excluding hydrogens is 244 g/mol. The van der Waals surface area contributed by atoms with Crippen LogP contribution in [0.5, 0.6) is 5.75 Å². The second-order valence-corrected chi connectivity index (χ2v) is 5.33. The minimum absolute atomic E-state index is 0.413. The summed E-state index contributed by atoms with van der Waals surface area (Å²) in [6.45, 7) is 4.69. The average Bonchev–Trinajstić information content (AvgIpc) is 2.84. The van der Waals surface area contributed by atoms with Crippen LogP contribution in [0.15, 0.2) is 30.5 Å². The van der Waals surface area contributed by atoms with E-state index in [1.54, 1.807) is 6.20 Å². The van der Waals surface area contributed by atoms with Crippen LogP contribution in [-0.2, 0) is 6.61 Å². The van der Waals surface area contributed by atoms with Gasteiger partial charge in [-0.15, -0.1) is 11.3 Å². The minimum Gasteiger partial charge on any atom is -0.486 e. The third-order valence-electron chi connectivity index (χ3n) is 2.56. The monoisotopic (exact) mass is 258 g/mol. The Labute approximate surface area is 111 Å². The van der Waals surface area contributed by atoms with Gasteiger partial charge in [0.25, 0.3) is 0 Å². The van der Waals surface area contributed by atoms with Crippen LogP contribution in [-0.4, -0.2) is 4.98 Å². The van der Waals surface area contributed by atoms with E-state index in [0.29, 0.717) is 17.4 Å². The van der Waals surface area contributed by atoms with E-state index in [1.165, 1.54) is 16.9 Å². The van der Waals surface area contributed by atoms with E-state index in [-0.39, 0.29) is 0 Å². The Hall–Kier alpha value is -1.86. The second kappa shape index (κ2) is 5.65. The van der Waals surface area contributed by atoms with E-state index in [0.717, 1.165) is 10.8 Å². The van der Waals surface area contributed by atoms with Gasteiger partial charge in [0, 0.05) is 0 Å². The Balaban J connectivity index is 2.08. The van der Waals surface area contributed by atoms with Gasteiger partial charge in [-0.2, -0.15) is 5.26 Å². The summed E-state index contributed by atoms with van der Waals surface area (Å²) in [6.07, 6.45) is 1.58. The highest BCUT2D eigenvalue weighted by Crippen LogP contribution is 2.26. The van der Waals surface area contributed by atoms with Gasteiger partial charge in [-0.1, -0.05) is 32.0 Å². The fourth-order valence-electron chi connectivity index (χ4n) is 1.66. The Morgan fingerprint density at radius 3 is 2.83 bits per heavy atom.